The summed E-state index contributed by atoms with van der Waals surface area (Å²) in [6.07, 6.45) is 1.26. The van der Waals surface area contributed by atoms with Crippen molar-refractivity contribution < 1.29 is 4.92 Å². The minimum absolute atomic E-state index is 0.00139. The molecule has 0 unspecified atom stereocenters. The van der Waals surface area contributed by atoms with Crippen LogP contribution in [0.25, 0.3) is 0 Å². The van der Waals surface area contributed by atoms with Crippen LogP contribution in [0, 0.1) is 10.1 Å². The van der Waals surface area contributed by atoms with Crippen LogP contribution in [0.2, 0.25) is 0 Å². The number of hydrogen-bond acceptors (Lipinski definition) is 5. The van der Waals surface area contributed by atoms with Gasteiger partial charge >= 0.3 is 0 Å². The van der Waals surface area contributed by atoms with Gasteiger partial charge in [0.2, 0.25) is 0 Å². The molecule has 18 heavy (non-hydrogen) atoms. The molecule has 0 fully saturated rings. The summed E-state index contributed by atoms with van der Waals surface area (Å²) in [5.41, 5.74) is 0.957. The van der Waals surface area contributed by atoms with Gasteiger partial charge in [-0.25, -0.2) is 4.98 Å². The summed E-state index contributed by atoms with van der Waals surface area (Å²) in [5.74, 6) is 0.653. The Bertz CT molecular complexity index is 663. The number of halogens is 1. The molecule has 0 aliphatic carbocycles. The number of aromatic nitrogens is 1. The van der Waals surface area contributed by atoms with Crippen LogP contribution in [0.5, 0.6) is 0 Å². The van der Waals surface area contributed by atoms with Gasteiger partial charge in [-0.3, -0.25) is 10.1 Å². The van der Waals surface area contributed by atoms with Gasteiger partial charge in [0.05, 0.1) is 15.5 Å². The van der Waals surface area contributed by atoms with Crippen molar-refractivity contribution in [3.63, 3.8) is 0 Å². The highest BCUT2D eigenvalue weighted by atomic mass is 79.9. The van der Waals surface area contributed by atoms with E-state index in [9.17, 15) is 10.1 Å². The highest BCUT2D eigenvalue weighted by molar-refractivity contribution is 9.10. The highest BCUT2D eigenvalue weighted by Crippen LogP contribution is 2.44. The number of benzene rings is 1. The van der Waals surface area contributed by atoms with Crippen molar-refractivity contribution in [2.75, 3.05) is 5.32 Å². The second kappa shape index (κ2) is 4.25. The maximum atomic E-state index is 10.7. The molecular weight excluding hydrogens is 318 g/mol. The van der Waals surface area contributed by atoms with E-state index in [-0.39, 0.29) is 5.69 Å². The molecule has 0 spiro atoms. The third-order valence-corrected chi connectivity index (χ3v) is 4.05. The van der Waals surface area contributed by atoms with E-state index in [1.165, 1.54) is 24.0 Å². The van der Waals surface area contributed by atoms with E-state index < -0.39 is 4.92 Å². The molecule has 3 rings (SSSR count). The molecule has 1 aliphatic heterocycles. The largest absolute Gasteiger partial charge is 0.338 e. The molecule has 1 aromatic carbocycles. The summed E-state index contributed by atoms with van der Waals surface area (Å²) in [4.78, 5) is 16.1. The monoisotopic (exact) mass is 323 g/mol. The third kappa shape index (κ3) is 1.95. The van der Waals surface area contributed by atoms with Crippen molar-refractivity contribution in [3.8, 4) is 0 Å². The summed E-state index contributed by atoms with van der Waals surface area (Å²) in [6, 6.07) is 7.37. The first-order chi connectivity index (χ1) is 8.63. The molecule has 0 amide bonds. The average Bonchev–Trinajstić information content (AvgIpc) is 2.35. The number of hydrogen-bond donors (Lipinski definition) is 1. The molecule has 0 bridgehead atoms. The minimum atomic E-state index is -0.440. The van der Waals surface area contributed by atoms with Crippen molar-refractivity contribution in [1.82, 2.24) is 4.98 Å². The van der Waals surface area contributed by atoms with Crippen LogP contribution in [-0.2, 0) is 0 Å². The Hall–Kier alpha value is -1.60. The molecule has 0 saturated carbocycles. The van der Waals surface area contributed by atoms with E-state index in [0.29, 0.717) is 5.82 Å². The van der Waals surface area contributed by atoms with Crippen molar-refractivity contribution >= 4 is 44.9 Å². The maximum Gasteiger partial charge on any atom is 0.288 e. The van der Waals surface area contributed by atoms with Gasteiger partial charge in [0.15, 0.2) is 0 Å². The fourth-order valence-electron chi connectivity index (χ4n) is 1.64. The lowest BCUT2D eigenvalue weighted by Crippen LogP contribution is -2.02. The fraction of sp³-hybridized carbons (Fsp3) is 0. The molecule has 1 aliphatic rings. The zero-order chi connectivity index (χ0) is 12.7. The summed E-state index contributed by atoms with van der Waals surface area (Å²) < 4.78 is 0.970. The average molecular weight is 324 g/mol. The fourth-order valence-corrected chi connectivity index (χ4v) is 3.18. The highest BCUT2D eigenvalue weighted by Gasteiger charge is 2.20. The Morgan fingerprint density at radius 3 is 2.94 bits per heavy atom. The zero-order valence-corrected chi connectivity index (χ0v) is 11.3. The number of nitrogens with zero attached hydrogens (tertiary/aromatic N) is 2. The molecule has 2 aromatic rings. The molecule has 2 heterocycles. The van der Waals surface area contributed by atoms with Gasteiger partial charge in [0.1, 0.15) is 12.0 Å². The minimum Gasteiger partial charge on any atom is -0.338 e. The summed E-state index contributed by atoms with van der Waals surface area (Å²) in [6.45, 7) is 0. The summed E-state index contributed by atoms with van der Waals surface area (Å²) in [7, 11) is 0. The van der Waals surface area contributed by atoms with Crippen molar-refractivity contribution in [3.05, 3.63) is 45.0 Å². The van der Waals surface area contributed by atoms with Gasteiger partial charge in [-0.05, 0) is 18.2 Å². The van der Waals surface area contributed by atoms with Gasteiger partial charge in [-0.1, -0.05) is 27.7 Å². The van der Waals surface area contributed by atoms with Crippen molar-refractivity contribution in [2.24, 2.45) is 0 Å². The number of nitrogens with one attached hydrogen (secondary N) is 1. The third-order valence-electron chi connectivity index (χ3n) is 2.47. The first kappa shape index (κ1) is 11.5. The predicted octanol–water partition coefficient (Wildman–Crippen LogP) is 3.96. The molecule has 7 heteroatoms. The molecule has 90 valence electrons. The summed E-state index contributed by atoms with van der Waals surface area (Å²) in [5, 5.41) is 13.9. The quantitative estimate of drug-likeness (QED) is 0.542. The number of rotatable bonds is 1. The van der Waals surface area contributed by atoms with Crippen LogP contribution in [0.4, 0.5) is 17.2 Å². The number of fused-ring (bicyclic) bond motifs is 2. The lowest BCUT2D eigenvalue weighted by Gasteiger charge is -2.19. The second-order valence-corrected chi connectivity index (χ2v) is 5.66. The Kier molecular flexibility index (Phi) is 2.71. The van der Waals surface area contributed by atoms with Crippen molar-refractivity contribution in [1.29, 1.82) is 0 Å². The molecule has 1 N–H and O–H groups in total. The van der Waals surface area contributed by atoms with Gasteiger partial charge in [0.25, 0.3) is 5.69 Å². The van der Waals surface area contributed by atoms with E-state index in [1.807, 2.05) is 18.2 Å². The van der Waals surface area contributed by atoms with E-state index in [1.54, 1.807) is 0 Å². The van der Waals surface area contributed by atoms with E-state index in [2.05, 4.69) is 26.2 Å². The summed E-state index contributed by atoms with van der Waals surface area (Å²) >= 11 is 4.87. The van der Waals surface area contributed by atoms with E-state index in [4.69, 9.17) is 0 Å². The molecule has 1 aromatic heterocycles. The smallest absolute Gasteiger partial charge is 0.288 e. The van der Waals surface area contributed by atoms with Gasteiger partial charge in [0, 0.05) is 15.4 Å². The first-order valence-corrected chi connectivity index (χ1v) is 6.63. The number of nitro groups is 1. The Morgan fingerprint density at radius 1 is 1.33 bits per heavy atom. The van der Waals surface area contributed by atoms with Gasteiger partial charge in [-0.2, -0.15) is 0 Å². The van der Waals surface area contributed by atoms with Crippen LogP contribution in [0.15, 0.2) is 44.7 Å². The Morgan fingerprint density at radius 2 is 2.17 bits per heavy atom. The van der Waals surface area contributed by atoms with Crippen LogP contribution in [-0.4, -0.2) is 9.91 Å². The van der Waals surface area contributed by atoms with Crippen molar-refractivity contribution in [2.45, 2.75) is 9.79 Å². The molecule has 0 atom stereocenters. The Balaban J connectivity index is 2.05. The maximum absolute atomic E-state index is 10.7. The number of anilines is 2. The van der Waals surface area contributed by atoms with Crippen LogP contribution < -0.4 is 5.32 Å². The molecule has 0 radical (unpaired) electrons. The van der Waals surface area contributed by atoms with Crippen LogP contribution in [0.3, 0.4) is 0 Å². The van der Waals surface area contributed by atoms with E-state index >= 15 is 0 Å². The SMILES string of the molecule is O=[N+]([O-])c1cnc2c(c1)Sc1cc(Br)ccc1N2. The Labute approximate surface area is 115 Å². The topological polar surface area (TPSA) is 68.1 Å². The molecule has 5 nitrogen and oxygen atoms in total. The van der Waals surface area contributed by atoms with Gasteiger partial charge < -0.3 is 5.32 Å². The zero-order valence-electron chi connectivity index (χ0n) is 8.88. The molecule has 0 saturated heterocycles. The first-order valence-electron chi connectivity index (χ1n) is 5.02. The van der Waals surface area contributed by atoms with Gasteiger partial charge in [-0.15, -0.1) is 0 Å². The molecular formula is C11H6BrN3O2S. The lowest BCUT2D eigenvalue weighted by atomic mass is 10.3. The predicted molar refractivity (Wildman–Crippen MR) is 72.4 cm³/mol. The normalized spacial score (nSPS) is 12.3. The standard InChI is InChI=1S/C11H6BrN3O2S/c12-6-1-2-8-9(3-6)18-10-4-7(15(16)17)5-13-11(10)14-8/h1-5H,(H,13,14). The van der Waals surface area contributed by atoms with Crippen LogP contribution in [0.1, 0.15) is 0 Å². The van der Waals surface area contributed by atoms with E-state index in [0.717, 1.165) is 20.0 Å². The second-order valence-electron chi connectivity index (χ2n) is 3.66. The number of pyridine rings is 1. The lowest BCUT2D eigenvalue weighted by molar-refractivity contribution is -0.385. The van der Waals surface area contributed by atoms with Crippen LogP contribution >= 0.6 is 27.7 Å².